The van der Waals surface area contributed by atoms with Gasteiger partial charge in [-0.3, -0.25) is 4.90 Å². The summed E-state index contributed by atoms with van der Waals surface area (Å²) in [4.78, 5) is 2.32. The number of halogens is 6. The van der Waals surface area contributed by atoms with Crippen LogP contribution >= 0.6 is 0 Å². The molecule has 0 N–H and O–H groups in total. The Balaban J connectivity index is 0.00000129. The first-order valence-corrected chi connectivity index (χ1v) is 11.3. The zero-order chi connectivity index (χ0) is 25.4. The minimum Gasteiger partial charge on any atom is -0.299 e. The number of nitriles is 1. The van der Waals surface area contributed by atoms with E-state index in [9.17, 15) is 26.3 Å². The Morgan fingerprint density at radius 2 is 1.50 bits per heavy atom. The van der Waals surface area contributed by atoms with Crippen LogP contribution < -0.4 is 0 Å². The molecular weight excluding hydrogens is 454 g/mol. The summed E-state index contributed by atoms with van der Waals surface area (Å²) >= 11 is 0. The highest BCUT2D eigenvalue weighted by Gasteiger charge is 2.64. The van der Waals surface area contributed by atoms with Crippen molar-refractivity contribution < 1.29 is 26.3 Å². The molecule has 0 saturated heterocycles. The molecule has 2 nitrogen and oxygen atoms in total. The third-order valence-electron chi connectivity index (χ3n) is 6.22. The highest BCUT2D eigenvalue weighted by Crippen LogP contribution is 2.59. The molecule has 0 spiro atoms. The Kier molecular flexibility index (Phi) is 9.99. The number of rotatable bonds is 8. The van der Waals surface area contributed by atoms with Gasteiger partial charge in [-0.05, 0) is 55.0 Å². The van der Waals surface area contributed by atoms with Crippen LogP contribution in [0.25, 0.3) is 0 Å². The van der Waals surface area contributed by atoms with Gasteiger partial charge in [0.15, 0.2) is 0 Å². The Bertz CT molecular complexity index is 900. The van der Waals surface area contributed by atoms with Gasteiger partial charge in [0.05, 0.1) is 17.9 Å². The van der Waals surface area contributed by atoms with Crippen molar-refractivity contribution in [2.24, 2.45) is 11.8 Å². The number of hydrogen-bond donors (Lipinski definition) is 0. The number of alkyl halides is 6. The molecular formula is C26H30F6N2. The molecule has 2 aromatic carbocycles. The smallest absolute Gasteiger partial charge is 0.299 e. The van der Waals surface area contributed by atoms with Crippen molar-refractivity contribution in [1.29, 1.82) is 5.26 Å². The molecule has 0 bridgehead atoms. The third kappa shape index (κ3) is 7.76. The van der Waals surface area contributed by atoms with E-state index >= 15 is 0 Å². The van der Waals surface area contributed by atoms with Crippen LogP contribution in [0.15, 0.2) is 54.6 Å². The van der Waals surface area contributed by atoms with E-state index in [1.807, 2.05) is 18.2 Å². The lowest BCUT2D eigenvalue weighted by molar-refractivity contribution is -0.292. The molecule has 0 aliphatic heterocycles. The first-order valence-electron chi connectivity index (χ1n) is 11.3. The fraction of sp³-hybridized carbons (Fsp3) is 0.500. The molecule has 3 unspecified atom stereocenters. The molecule has 2 aromatic rings. The maximum absolute atomic E-state index is 13.2. The highest BCUT2D eigenvalue weighted by atomic mass is 19.4. The van der Waals surface area contributed by atoms with E-state index in [1.165, 1.54) is 12.5 Å². The van der Waals surface area contributed by atoms with Gasteiger partial charge in [-0.2, -0.15) is 31.6 Å². The lowest BCUT2D eigenvalue weighted by Crippen LogP contribution is -2.51. The summed E-state index contributed by atoms with van der Waals surface area (Å²) in [7, 11) is 0. The quantitative estimate of drug-likeness (QED) is 0.363. The second-order valence-electron chi connectivity index (χ2n) is 8.48. The van der Waals surface area contributed by atoms with Crippen molar-refractivity contribution in [1.82, 2.24) is 4.90 Å². The van der Waals surface area contributed by atoms with E-state index in [4.69, 9.17) is 5.26 Å². The first kappa shape index (κ1) is 27.7. The molecule has 186 valence electrons. The summed E-state index contributed by atoms with van der Waals surface area (Å²) in [5, 5.41) is 7.32. The highest BCUT2D eigenvalue weighted by molar-refractivity contribution is 5.29. The van der Waals surface area contributed by atoms with Crippen LogP contribution in [0.3, 0.4) is 0 Å². The summed E-state index contributed by atoms with van der Waals surface area (Å²) < 4.78 is 78.4. The van der Waals surface area contributed by atoms with E-state index < -0.39 is 36.5 Å². The van der Waals surface area contributed by atoms with E-state index in [0.29, 0.717) is 5.56 Å². The molecule has 1 fully saturated rings. The average molecular weight is 485 g/mol. The lowest BCUT2D eigenvalue weighted by Gasteiger charge is -2.46. The normalized spacial score (nSPS) is 20.2. The number of hydrogen-bond acceptors (Lipinski definition) is 2. The molecule has 8 heteroatoms. The maximum Gasteiger partial charge on any atom is 0.393 e. The average Bonchev–Trinajstić information content (AvgIpc) is 2.72. The van der Waals surface area contributed by atoms with Gasteiger partial charge in [-0.15, -0.1) is 0 Å². The molecule has 0 aromatic heterocycles. The zero-order valence-electron chi connectivity index (χ0n) is 19.3. The van der Waals surface area contributed by atoms with Crippen molar-refractivity contribution in [3.63, 3.8) is 0 Å². The Morgan fingerprint density at radius 1 is 0.912 bits per heavy atom. The van der Waals surface area contributed by atoms with Gasteiger partial charge in [0.2, 0.25) is 0 Å². The second kappa shape index (κ2) is 12.3. The molecule has 0 amide bonds. The largest absolute Gasteiger partial charge is 0.393 e. The van der Waals surface area contributed by atoms with E-state index in [1.54, 1.807) is 30.3 Å². The van der Waals surface area contributed by atoms with Gasteiger partial charge >= 0.3 is 12.4 Å². The van der Waals surface area contributed by atoms with Gasteiger partial charge in [-0.1, -0.05) is 61.5 Å². The van der Waals surface area contributed by atoms with Gasteiger partial charge in [0.1, 0.15) is 0 Å². The summed E-state index contributed by atoms with van der Waals surface area (Å²) in [6.07, 6.45) is -8.52. The van der Waals surface area contributed by atoms with E-state index in [0.717, 1.165) is 38.0 Å². The van der Waals surface area contributed by atoms with Crippen molar-refractivity contribution in [3.05, 3.63) is 71.3 Å². The molecule has 0 radical (unpaired) electrons. The van der Waals surface area contributed by atoms with Crippen molar-refractivity contribution in [2.75, 3.05) is 13.1 Å². The van der Waals surface area contributed by atoms with Crippen molar-refractivity contribution >= 4 is 0 Å². The lowest BCUT2D eigenvalue weighted by atomic mass is 9.61. The van der Waals surface area contributed by atoms with Crippen molar-refractivity contribution in [2.45, 2.75) is 57.9 Å². The molecule has 1 saturated carbocycles. The Hall–Kier alpha value is -2.53. The topological polar surface area (TPSA) is 27.0 Å². The van der Waals surface area contributed by atoms with Crippen LogP contribution in [-0.4, -0.2) is 30.3 Å². The minimum absolute atomic E-state index is 0.339. The molecule has 1 aliphatic rings. The monoisotopic (exact) mass is 484 g/mol. The fourth-order valence-corrected chi connectivity index (χ4v) is 4.42. The van der Waals surface area contributed by atoms with Gasteiger partial charge in [-0.25, -0.2) is 0 Å². The van der Waals surface area contributed by atoms with Crippen molar-refractivity contribution in [3.8, 4) is 6.07 Å². The first-order chi connectivity index (χ1) is 16.0. The van der Waals surface area contributed by atoms with Crippen LogP contribution in [0.4, 0.5) is 26.3 Å². The SMILES string of the molecule is CC#N.CCN(CCCc1ccc(C2CC(C(F)(F)F)C2C(F)(F)F)cc1)Cc1ccccc1. The fourth-order valence-electron chi connectivity index (χ4n) is 4.42. The van der Waals surface area contributed by atoms with Crippen LogP contribution in [0.2, 0.25) is 0 Å². The predicted molar refractivity (Wildman–Crippen MR) is 120 cm³/mol. The Morgan fingerprint density at radius 3 is 2.00 bits per heavy atom. The van der Waals surface area contributed by atoms with Gasteiger partial charge in [0, 0.05) is 13.5 Å². The van der Waals surface area contributed by atoms with Crippen LogP contribution in [0, 0.1) is 23.2 Å². The van der Waals surface area contributed by atoms with Crippen LogP contribution in [0.5, 0.6) is 0 Å². The standard InChI is InChI=1S/C24H27F6N.C2H3N/c1-2-31(16-18-7-4-3-5-8-18)14-6-9-17-10-12-19(13-11-17)20-15-21(23(25,26)27)22(20)24(28,29)30;1-2-3/h3-5,7-8,10-13,20-22H,2,6,9,14-16H2,1H3;1H3. The number of benzene rings is 2. The van der Waals surface area contributed by atoms with Gasteiger partial charge in [0.25, 0.3) is 0 Å². The van der Waals surface area contributed by atoms with E-state index in [-0.39, 0.29) is 0 Å². The number of aryl methyl sites for hydroxylation is 1. The van der Waals surface area contributed by atoms with Crippen LogP contribution in [0.1, 0.15) is 49.3 Å². The summed E-state index contributed by atoms with van der Waals surface area (Å²) in [5.41, 5.74) is 2.56. The predicted octanol–water partition coefficient (Wildman–Crippen LogP) is 7.52. The second-order valence-corrected chi connectivity index (χ2v) is 8.48. The Labute approximate surface area is 197 Å². The maximum atomic E-state index is 13.2. The number of nitrogens with zero attached hydrogens (tertiary/aromatic N) is 2. The van der Waals surface area contributed by atoms with E-state index in [2.05, 4.69) is 24.0 Å². The molecule has 3 rings (SSSR count). The summed E-state index contributed by atoms with van der Waals surface area (Å²) in [6, 6.07) is 18.5. The summed E-state index contributed by atoms with van der Waals surface area (Å²) in [5.74, 6) is -5.78. The molecule has 3 atom stereocenters. The van der Waals surface area contributed by atoms with Gasteiger partial charge < -0.3 is 0 Å². The molecule has 1 aliphatic carbocycles. The minimum atomic E-state index is -4.86. The van der Waals surface area contributed by atoms with Crippen LogP contribution in [-0.2, 0) is 13.0 Å². The molecule has 34 heavy (non-hydrogen) atoms. The third-order valence-corrected chi connectivity index (χ3v) is 6.22. The zero-order valence-corrected chi connectivity index (χ0v) is 19.3. The molecule has 0 heterocycles. The summed E-state index contributed by atoms with van der Waals surface area (Å²) in [6.45, 7) is 6.19.